The van der Waals surface area contributed by atoms with E-state index >= 15 is 0 Å². The molecule has 0 radical (unpaired) electrons. The molecule has 1 amide bonds. The Kier molecular flexibility index (Phi) is 14.4. The number of aromatic nitrogens is 10. The maximum absolute atomic E-state index is 14.8. The molecule has 348 valence electrons. The van der Waals surface area contributed by atoms with Gasteiger partial charge in [-0.3, -0.25) is 4.79 Å². The fraction of sp³-hybridized carbons (Fsp3) is 0.348. The average Bonchev–Trinajstić information content (AvgIpc) is 4.16. The molecule has 0 bridgehead atoms. The third-order valence-electron chi connectivity index (χ3n) is 11.1. The number of carbonyl (C=O) groups is 2. The minimum Gasteiger partial charge on any atom is -0.478 e. The molecule has 0 aliphatic carbocycles. The van der Waals surface area contributed by atoms with E-state index < -0.39 is 23.5 Å². The monoisotopic (exact) mass is 948 g/mol. The number of nitrogens with two attached hydrogens (primary N) is 1. The number of rotatable bonds is 9. The number of nitrogens with one attached hydrogen (secondary N) is 1. The summed E-state index contributed by atoms with van der Waals surface area (Å²) in [5.41, 5.74) is 7.73. The van der Waals surface area contributed by atoms with E-state index in [2.05, 4.69) is 69.3 Å². The number of anilines is 4. The number of carboxylic acids is 1. The lowest BCUT2D eigenvalue weighted by Crippen LogP contribution is -2.29. The molecule has 2 aliphatic rings. The van der Waals surface area contributed by atoms with Gasteiger partial charge in [0.05, 0.1) is 31.6 Å². The van der Waals surface area contributed by atoms with Crippen molar-refractivity contribution in [3.8, 4) is 23.0 Å². The van der Waals surface area contributed by atoms with E-state index in [1.54, 1.807) is 43.0 Å². The number of benzene rings is 2. The molecule has 8 heterocycles. The number of hydrogen-bond donors (Lipinski definition) is 3. The molecular formula is C46H50F2N14O3S2. The smallest absolute Gasteiger partial charge is 0.338 e. The summed E-state index contributed by atoms with van der Waals surface area (Å²) in [4.78, 5) is 45.9. The second-order valence-electron chi connectivity index (χ2n) is 16.6. The minimum atomic E-state index is -1.24. The zero-order valence-corrected chi connectivity index (χ0v) is 39.1. The maximum atomic E-state index is 14.8. The normalized spacial score (nSPS) is 14.0. The quantitative estimate of drug-likeness (QED) is 0.123. The number of pyridine rings is 2. The maximum Gasteiger partial charge on any atom is 0.338 e. The summed E-state index contributed by atoms with van der Waals surface area (Å²) in [6.45, 7) is 12.0. The fourth-order valence-corrected chi connectivity index (χ4v) is 9.72. The number of nitrogen functional groups attached to an aromatic ring is 1. The first-order valence-electron chi connectivity index (χ1n) is 22.1. The van der Waals surface area contributed by atoms with Crippen molar-refractivity contribution in [3.63, 3.8) is 0 Å². The predicted octanol–water partition coefficient (Wildman–Crippen LogP) is 9.54. The Balaban J connectivity index is 0.000000151. The zero-order valence-electron chi connectivity index (χ0n) is 37.4. The van der Waals surface area contributed by atoms with Crippen LogP contribution in [0.15, 0.2) is 73.3 Å². The summed E-state index contributed by atoms with van der Waals surface area (Å²) in [6.07, 6.45) is 10.4. The molecule has 21 heteroatoms. The number of halogens is 2. The highest BCUT2D eigenvalue weighted by Gasteiger charge is 2.22. The average molecular weight is 949 g/mol. The zero-order chi connectivity index (χ0) is 47.2. The Morgan fingerprint density at radius 1 is 0.657 bits per heavy atom. The molecule has 0 unspecified atom stereocenters. The Morgan fingerprint density at radius 2 is 1.13 bits per heavy atom. The van der Waals surface area contributed by atoms with Crippen molar-refractivity contribution in [1.82, 2.24) is 49.5 Å². The van der Waals surface area contributed by atoms with Gasteiger partial charge in [-0.05, 0) is 103 Å². The second-order valence-corrected chi connectivity index (χ2v) is 18.6. The Morgan fingerprint density at radius 3 is 1.63 bits per heavy atom. The summed E-state index contributed by atoms with van der Waals surface area (Å²) < 4.78 is 33.8. The van der Waals surface area contributed by atoms with Crippen molar-refractivity contribution in [3.05, 3.63) is 96.1 Å². The molecule has 2 aromatic carbocycles. The first-order valence-corrected chi connectivity index (χ1v) is 23.7. The summed E-state index contributed by atoms with van der Waals surface area (Å²) in [5.74, 6) is -0.980. The third-order valence-corrected chi connectivity index (χ3v) is 13.3. The first kappa shape index (κ1) is 46.5. The number of carbonyl (C=O) groups excluding carboxylic acids is 1. The van der Waals surface area contributed by atoms with Gasteiger partial charge in [0.2, 0.25) is 0 Å². The molecule has 6 aromatic heterocycles. The van der Waals surface area contributed by atoms with Crippen LogP contribution < -0.4 is 20.9 Å². The van der Waals surface area contributed by atoms with Crippen LogP contribution in [0.4, 0.5) is 30.7 Å². The van der Waals surface area contributed by atoms with Crippen LogP contribution in [0.25, 0.3) is 43.5 Å². The van der Waals surface area contributed by atoms with Crippen LogP contribution in [-0.2, 0) is 0 Å². The van der Waals surface area contributed by atoms with Gasteiger partial charge in [0.1, 0.15) is 47.3 Å². The topological polar surface area (TPSA) is 212 Å². The van der Waals surface area contributed by atoms with Gasteiger partial charge in [0.15, 0.2) is 21.9 Å². The van der Waals surface area contributed by atoms with Gasteiger partial charge in [-0.1, -0.05) is 34.8 Å². The summed E-state index contributed by atoms with van der Waals surface area (Å²) in [5, 5.41) is 29.4. The Labute approximate surface area is 392 Å². The lowest BCUT2D eigenvalue weighted by molar-refractivity contribution is 0.0691. The highest BCUT2D eigenvalue weighted by atomic mass is 32.1. The van der Waals surface area contributed by atoms with Crippen molar-refractivity contribution < 1.29 is 23.5 Å². The molecule has 0 saturated carbocycles. The number of carboxylic acid groups (broad SMARTS) is 1. The molecule has 8 aromatic rings. The van der Waals surface area contributed by atoms with Gasteiger partial charge in [-0.2, -0.15) is 0 Å². The molecule has 2 fully saturated rings. The Bertz CT molecular complexity index is 3010. The molecule has 2 aliphatic heterocycles. The summed E-state index contributed by atoms with van der Waals surface area (Å²) in [6, 6.07) is 16.7. The van der Waals surface area contributed by atoms with Crippen molar-refractivity contribution in [2.24, 2.45) is 0 Å². The molecule has 17 nitrogen and oxygen atoms in total. The van der Waals surface area contributed by atoms with Crippen molar-refractivity contribution in [1.29, 1.82) is 0 Å². The van der Waals surface area contributed by atoms with E-state index in [1.807, 2.05) is 35.1 Å². The van der Waals surface area contributed by atoms with Gasteiger partial charge in [-0.15, -0.1) is 20.4 Å². The van der Waals surface area contributed by atoms with Gasteiger partial charge in [0.25, 0.3) is 5.91 Å². The number of nitrogens with zero attached hydrogens (tertiary/aromatic N) is 12. The second kappa shape index (κ2) is 20.7. The number of piperidine rings is 2. The van der Waals surface area contributed by atoms with E-state index in [0.29, 0.717) is 40.2 Å². The van der Waals surface area contributed by atoms with E-state index in [9.17, 15) is 18.4 Å². The molecule has 2 saturated heterocycles. The van der Waals surface area contributed by atoms with Crippen LogP contribution in [0.2, 0.25) is 0 Å². The lowest BCUT2D eigenvalue weighted by Gasteiger charge is -2.25. The van der Waals surface area contributed by atoms with Crippen LogP contribution in [-0.4, -0.2) is 92.6 Å². The lowest BCUT2D eigenvalue weighted by atomic mass is 10.1. The number of hydrogen-bond acceptors (Lipinski definition) is 15. The molecule has 10 rings (SSSR count). The van der Waals surface area contributed by atoms with Crippen LogP contribution in [0.3, 0.4) is 0 Å². The van der Waals surface area contributed by atoms with Crippen LogP contribution in [0.5, 0.6) is 0 Å². The van der Waals surface area contributed by atoms with Gasteiger partial charge < -0.3 is 35.1 Å². The highest BCUT2D eigenvalue weighted by Crippen LogP contribution is 2.34. The number of aromatic carboxylic acids is 1. The Hall–Kier alpha value is -7.00. The van der Waals surface area contributed by atoms with E-state index in [1.165, 1.54) is 53.7 Å². The third kappa shape index (κ3) is 10.8. The molecule has 67 heavy (non-hydrogen) atoms. The van der Waals surface area contributed by atoms with Gasteiger partial charge in [0, 0.05) is 50.4 Å². The standard InChI is InChI=1S/C23H24FN7OS.C13H13FN2O2S.C10H13N5/c1-14(2)31-13-25-29-21(31)17-7-6-8-20(26-17)28-22(32)15-11-19-18(12-16(15)24)27-23(33-19)30-9-4-3-5-10-30;14-9-7-10-11(6-8(9)12(17)18)19-13(15-10)16-4-2-1-3-5-16;1-7(2)15-6-12-14-10(15)8-4-3-5-9(11)13-8/h6-8,11-14H,3-5,9-10H2,1-2H3,(H,26,28,32);6-7H,1-5H2,(H,17,18);3-7H,1-2H3,(H2,11,13). The fourth-order valence-electron chi connectivity index (χ4n) is 7.65. The molecule has 0 atom stereocenters. The van der Waals surface area contributed by atoms with E-state index in [0.717, 1.165) is 83.0 Å². The van der Waals surface area contributed by atoms with Crippen LogP contribution in [0, 0.1) is 11.6 Å². The highest BCUT2D eigenvalue weighted by molar-refractivity contribution is 7.22. The van der Waals surface area contributed by atoms with Crippen LogP contribution in [0.1, 0.15) is 99.0 Å². The van der Waals surface area contributed by atoms with E-state index in [-0.39, 0.29) is 17.2 Å². The minimum absolute atomic E-state index is 0.0334. The summed E-state index contributed by atoms with van der Waals surface area (Å²) >= 11 is 2.92. The molecule has 4 N–H and O–H groups in total. The number of fused-ring (bicyclic) bond motifs is 2. The SMILES string of the molecule is CC(C)n1cnnc1-c1cccc(N)n1.CC(C)n1cnnc1-c1cccc(NC(=O)c2cc3sc(N4CCCCC4)nc3cc2F)n1.O=C(O)c1cc2sc(N3CCCCC3)nc2cc1F. The van der Waals surface area contributed by atoms with Crippen molar-refractivity contribution in [2.75, 3.05) is 47.0 Å². The van der Waals surface area contributed by atoms with Crippen molar-refractivity contribution >= 4 is 76.9 Å². The number of thiazole rings is 2. The van der Waals surface area contributed by atoms with Crippen molar-refractivity contribution in [2.45, 2.75) is 78.3 Å². The van der Waals surface area contributed by atoms with Gasteiger partial charge >= 0.3 is 5.97 Å². The summed E-state index contributed by atoms with van der Waals surface area (Å²) in [7, 11) is 0. The van der Waals surface area contributed by atoms with E-state index in [4.69, 9.17) is 10.8 Å². The van der Waals surface area contributed by atoms with Crippen LogP contribution >= 0.6 is 22.7 Å². The van der Waals surface area contributed by atoms with Gasteiger partial charge in [-0.25, -0.2) is 33.5 Å². The first-order chi connectivity index (χ1) is 32.3. The molecule has 0 spiro atoms. The number of amides is 1. The molecular weight excluding hydrogens is 899 g/mol. The predicted molar refractivity (Wildman–Crippen MR) is 258 cm³/mol. The largest absolute Gasteiger partial charge is 0.478 e.